The number of carbonyl (C=O) groups is 1. The Morgan fingerprint density at radius 2 is 2.42 bits per heavy atom. The van der Waals surface area contributed by atoms with Gasteiger partial charge in [-0.2, -0.15) is 5.26 Å². The molecular weight excluding hydrogens is 262 g/mol. The van der Waals surface area contributed by atoms with E-state index in [1.54, 1.807) is 19.2 Å². The molecule has 5 heteroatoms. The van der Waals surface area contributed by atoms with Crippen LogP contribution in [0.4, 0.5) is 0 Å². The number of likely N-dealkylation sites (tertiary alicyclic amines) is 1. The van der Waals surface area contributed by atoms with Crippen LogP contribution in [0.3, 0.4) is 0 Å². The molecule has 1 atom stereocenters. The Balaban J connectivity index is 2.12. The van der Waals surface area contributed by atoms with Crippen LogP contribution in [-0.4, -0.2) is 30.4 Å². The molecule has 1 amide bonds. The maximum absolute atomic E-state index is 11.8. The summed E-state index contributed by atoms with van der Waals surface area (Å²) in [6.07, 6.45) is 1.90. The standard InChI is InChI=1S/C14H16ClN3O/c1-17-14(19)13-3-2-6-18(13)9-11-5-4-10(8-16)7-12(11)15/h4-5,7,13H,2-3,6,9H2,1H3,(H,17,19). The van der Waals surface area contributed by atoms with Crippen LogP contribution in [0.5, 0.6) is 0 Å². The Bertz CT molecular complexity index is 524. The zero-order chi connectivity index (χ0) is 13.8. The summed E-state index contributed by atoms with van der Waals surface area (Å²) in [7, 11) is 1.66. The zero-order valence-corrected chi connectivity index (χ0v) is 11.6. The van der Waals surface area contributed by atoms with E-state index in [4.69, 9.17) is 16.9 Å². The van der Waals surface area contributed by atoms with Crippen LogP contribution < -0.4 is 5.32 Å². The number of carbonyl (C=O) groups excluding carboxylic acids is 1. The molecule has 1 N–H and O–H groups in total. The second-order valence-corrected chi connectivity index (χ2v) is 5.07. The number of rotatable bonds is 3. The number of hydrogen-bond donors (Lipinski definition) is 1. The van der Waals surface area contributed by atoms with Crippen LogP contribution in [0, 0.1) is 11.3 Å². The molecule has 1 fully saturated rings. The van der Waals surface area contributed by atoms with Crippen molar-refractivity contribution in [1.29, 1.82) is 5.26 Å². The first-order valence-electron chi connectivity index (χ1n) is 6.30. The molecule has 1 aromatic carbocycles. The van der Waals surface area contributed by atoms with E-state index in [0.717, 1.165) is 24.9 Å². The highest BCUT2D eigenvalue weighted by Crippen LogP contribution is 2.24. The Morgan fingerprint density at radius 1 is 1.63 bits per heavy atom. The van der Waals surface area contributed by atoms with E-state index >= 15 is 0 Å². The van der Waals surface area contributed by atoms with Crippen molar-refractivity contribution >= 4 is 17.5 Å². The van der Waals surface area contributed by atoms with Crippen molar-refractivity contribution in [2.24, 2.45) is 0 Å². The quantitative estimate of drug-likeness (QED) is 0.918. The lowest BCUT2D eigenvalue weighted by Crippen LogP contribution is -2.41. The Kier molecular flexibility index (Phi) is 4.41. The molecule has 1 aromatic rings. The number of nitrogens with zero attached hydrogens (tertiary/aromatic N) is 2. The fraction of sp³-hybridized carbons (Fsp3) is 0.429. The molecular formula is C14H16ClN3O. The molecule has 0 radical (unpaired) electrons. The fourth-order valence-electron chi connectivity index (χ4n) is 2.44. The smallest absolute Gasteiger partial charge is 0.237 e. The van der Waals surface area contributed by atoms with Crippen LogP contribution in [-0.2, 0) is 11.3 Å². The fourth-order valence-corrected chi connectivity index (χ4v) is 2.68. The highest BCUT2D eigenvalue weighted by molar-refractivity contribution is 6.31. The third-order valence-corrected chi connectivity index (χ3v) is 3.82. The van der Waals surface area contributed by atoms with Crippen LogP contribution in [0.15, 0.2) is 18.2 Å². The van der Waals surface area contributed by atoms with Gasteiger partial charge < -0.3 is 5.32 Å². The largest absolute Gasteiger partial charge is 0.358 e. The minimum Gasteiger partial charge on any atom is -0.358 e. The van der Waals surface area contributed by atoms with Gasteiger partial charge in [0.15, 0.2) is 0 Å². The van der Waals surface area contributed by atoms with Gasteiger partial charge in [0.1, 0.15) is 0 Å². The van der Waals surface area contributed by atoms with Gasteiger partial charge in [-0.25, -0.2) is 0 Å². The number of halogens is 1. The maximum atomic E-state index is 11.8. The lowest BCUT2D eigenvalue weighted by atomic mass is 10.1. The van der Waals surface area contributed by atoms with Crippen molar-refractivity contribution in [3.8, 4) is 6.07 Å². The molecule has 0 aliphatic carbocycles. The van der Waals surface area contributed by atoms with Crippen molar-refractivity contribution < 1.29 is 4.79 Å². The van der Waals surface area contributed by atoms with E-state index in [0.29, 0.717) is 17.1 Å². The summed E-state index contributed by atoms with van der Waals surface area (Å²) in [5, 5.41) is 12.1. The molecule has 0 bridgehead atoms. The maximum Gasteiger partial charge on any atom is 0.237 e. The number of nitrogens with one attached hydrogen (secondary N) is 1. The Labute approximate surface area is 118 Å². The van der Waals surface area contributed by atoms with Crippen LogP contribution in [0.1, 0.15) is 24.0 Å². The van der Waals surface area contributed by atoms with Gasteiger partial charge in [-0.3, -0.25) is 9.69 Å². The summed E-state index contributed by atoms with van der Waals surface area (Å²) in [6, 6.07) is 7.28. The van der Waals surface area contributed by atoms with Crippen LogP contribution in [0.2, 0.25) is 5.02 Å². The average molecular weight is 278 g/mol. The normalized spacial score (nSPS) is 19.1. The number of nitriles is 1. The van der Waals surface area contributed by atoms with Gasteiger partial charge in [-0.1, -0.05) is 17.7 Å². The van der Waals surface area contributed by atoms with E-state index in [9.17, 15) is 4.79 Å². The molecule has 1 aliphatic heterocycles. The molecule has 2 rings (SSSR count). The van der Waals surface area contributed by atoms with E-state index in [-0.39, 0.29) is 11.9 Å². The van der Waals surface area contributed by atoms with E-state index < -0.39 is 0 Å². The minimum absolute atomic E-state index is 0.0577. The average Bonchev–Trinajstić information content (AvgIpc) is 2.88. The summed E-state index contributed by atoms with van der Waals surface area (Å²) in [5.74, 6) is 0.0577. The third kappa shape index (κ3) is 3.06. The molecule has 0 saturated carbocycles. The number of amides is 1. The van der Waals surface area contributed by atoms with Crippen LogP contribution in [0.25, 0.3) is 0 Å². The van der Waals surface area contributed by atoms with E-state index in [1.807, 2.05) is 6.07 Å². The zero-order valence-electron chi connectivity index (χ0n) is 10.8. The van der Waals surface area contributed by atoms with Crippen molar-refractivity contribution in [3.63, 3.8) is 0 Å². The van der Waals surface area contributed by atoms with Gasteiger partial charge in [-0.05, 0) is 37.1 Å². The Hall–Kier alpha value is -1.57. The number of hydrogen-bond acceptors (Lipinski definition) is 3. The summed E-state index contributed by atoms with van der Waals surface area (Å²) >= 11 is 6.17. The molecule has 1 heterocycles. The monoisotopic (exact) mass is 277 g/mol. The molecule has 1 unspecified atom stereocenters. The summed E-state index contributed by atoms with van der Waals surface area (Å²) in [5.41, 5.74) is 1.51. The molecule has 1 aliphatic rings. The van der Waals surface area contributed by atoms with Crippen molar-refractivity contribution in [3.05, 3.63) is 34.3 Å². The predicted molar refractivity (Wildman–Crippen MR) is 73.7 cm³/mol. The van der Waals surface area contributed by atoms with Crippen LogP contribution >= 0.6 is 11.6 Å². The molecule has 0 spiro atoms. The van der Waals surface area contributed by atoms with Gasteiger partial charge >= 0.3 is 0 Å². The second kappa shape index (κ2) is 6.05. The minimum atomic E-state index is -0.0725. The first-order chi connectivity index (χ1) is 9.15. The summed E-state index contributed by atoms with van der Waals surface area (Å²) < 4.78 is 0. The first-order valence-corrected chi connectivity index (χ1v) is 6.67. The highest BCUT2D eigenvalue weighted by atomic mass is 35.5. The summed E-state index contributed by atoms with van der Waals surface area (Å²) in [4.78, 5) is 13.9. The first kappa shape index (κ1) is 13.9. The Morgan fingerprint density at radius 3 is 3.05 bits per heavy atom. The van der Waals surface area contributed by atoms with Crippen molar-refractivity contribution in [2.45, 2.75) is 25.4 Å². The second-order valence-electron chi connectivity index (χ2n) is 4.66. The van der Waals surface area contributed by atoms with Gasteiger partial charge in [0.05, 0.1) is 17.7 Å². The number of likely N-dealkylation sites (N-methyl/N-ethyl adjacent to an activating group) is 1. The lowest BCUT2D eigenvalue weighted by molar-refractivity contribution is -0.125. The van der Waals surface area contributed by atoms with Gasteiger partial charge in [0.2, 0.25) is 5.91 Å². The predicted octanol–water partition coefficient (Wildman–Crippen LogP) is 1.92. The van der Waals surface area contributed by atoms with Gasteiger partial charge in [0.25, 0.3) is 0 Å². The molecule has 1 saturated heterocycles. The van der Waals surface area contributed by atoms with Gasteiger partial charge in [-0.15, -0.1) is 0 Å². The summed E-state index contributed by atoms with van der Waals surface area (Å²) in [6.45, 7) is 1.54. The van der Waals surface area contributed by atoms with Gasteiger partial charge in [0, 0.05) is 18.6 Å². The molecule has 19 heavy (non-hydrogen) atoms. The van der Waals surface area contributed by atoms with E-state index in [2.05, 4.69) is 16.3 Å². The number of benzene rings is 1. The molecule has 4 nitrogen and oxygen atoms in total. The molecule has 100 valence electrons. The molecule has 0 aromatic heterocycles. The highest BCUT2D eigenvalue weighted by Gasteiger charge is 2.30. The topological polar surface area (TPSA) is 56.1 Å². The van der Waals surface area contributed by atoms with Crippen molar-refractivity contribution in [2.75, 3.05) is 13.6 Å². The van der Waals surface area contributed by atoms with E-state index in [1.165, 1.54) is 0 Å². The SMILES string of the molecule is CNC(=O)C1CCCN1Cc1ccc(C#N)cc1Cl. The van der Waals surface area contributed by atoms with Crippen molar-refractivity contribution in [1.82, 2.24) is 10.2 Å². The third-order valence-electron chi connectivity index (χ3n) is 3.47. The lowest BCUT2D eigenvalue weighted by Gasteiger charge is -2.23.